The molecule has 0 aliphatic heterocycles. The van der Waals surface area contributed by atoms with E-state index in [1.54, 1.807) is 6.07 Å². The molecule has 7 nitrogen and oxygen atoms in total. The Kier molecular flexibility index (Phi) is 5.98. The van der Waals surface area contributed by atoms with Gasteiger partial charge in [-0.2, -0.15) is 0 Å². The minimum atomic E-state index is -1.15. The first kappa shape index (κ1) is 16.8. The van der Waals surface area contributed by atoms with E-state index in [0.29, 0.717) is 5.02 Å². The van der Waals surface area contributed by atoms with Gasteiger partial charge in [0.1, 0.15) is 11.3 Å². The van der Waals surface area contributed by atoms with Crippen LogP contribution in [-0.4, -0.2) is 38.2 Å². The van der Waals surface area contributed by atoms with Gasteiger partial charge in [-0.1, -0.05) is 11.6 Å². The van der Waals surface area contributed by atoms with Crippen LogP contribution >= 0.6 is 11.6 Å². The largest absolute Gasteiger partial charge is 0.496 e. The van der Waals surface area contributed by atoms with Gasteiger partial charge >= 0.3 is 12.0 Å². The van der Waals surface area contributed by atoms with Crippen molar-refractivity contribution in [1.29, 1.82) is 0 Å². The van der Waals surface area contributed by atoms with E-state index in [4.69, 9.17) is 21.1 Å². The Hall–Kier alpha value is -2.28. The first-order valence-corrected chi connectivity index (χ1v) is 6.34. The number of carbonyl (C=O) groups is 3. The number of imide groups is 1. The lowest BCUT2D eigenvalue weighted by molar-refractivity contribution is -0.127. The predicted octanol–water partition coefficient (Wildman–Crippen LogP) is 1.35. The Morgan fingerprint density at radius 1 is 1.29 bits per heavy atom. The highest BCUT2D eigenvalue weighted by Gasteiger charge is 2.22. The first-order chi connectivity index (χ1) is 9.88. The Balaban J connectivity index is 2.79. The number of amides is 3. The van der Waals surface area contributed by atoms with E-state index in [1.807, 2.05) is 5.32 Å². The number of esters is 1. The molecule has 0 spiro atoms. The van der Waals surface area contributed by atoms with E-state index >= 15 is 0 Å². The average molecular weight is 315 g/mol. The second-order valence-corrected chi connectivity index (χ2v) is 4.40. The number of methoxy groups -OCH3 is 1. The summed E-state index contributed by atoms with van der Waals surface area (Å²) in [7, 11) is 2.75. The lowest BCUT2D eigenvalue weighted by Gasteiger charge is -2.14. The molecule has 21 heavy (non-hydrogen) atoms. The Labute approximate surface area is 126 Å². The summed E-state index contributed by atoms with van der Waals surface area (Å²) in [5.41, 5.74) is 0.0876. The molecular formula is C13H15ClN2O5. The molecule has 1 aromatic carbocycles. The maximum atomic E-state index is 12.0. The molecule has 0 saturated carbocycles. The highest BCUT2D eigenvalue weighted by atomic mass is 35.5. The predicted molar refractivity (Wildman–Crippen MR) is 75.5 cm³/mol. The van der Waals surface area contributed by atoms with E-state index in [-0.39, 0.29) is 11.3 Å². The first-order valence-electron chi connectivity index (χ1n) is 5.96. The molecular weight excluding hydrogens is 300 g/mol. The zero-order valence-corrected chi connectivity index (χ0v) is 12.5. The third kappa shape index (κ3) is 4.64. The number of halogens is 1. The van der Waals surface area contributed by atoms with E-state index < -0.39 is 24.0 Å². The number of urea groups is 1. The van der Waals surface area contributed by atoms with Gasteiger partial charge in [-0.3, -0.25) is 10.1 Å². The van der Waals surface area contributed by atoms with Crippen molar-refractivity contribution < 1.29 is 23.9 Å². The summed E-state index contributed by atoms with van der Waals surface area (Å²) in [6.07, 6.45) is -1.15. The molecule has 1 atom stereocenters. The Morgan fingerprint density at radius 3 is 2.52 bits per heavy atom. The van der Waals surface area contributed by atoms with E-state index in [9.17, 15) is 14.4 Å². The lowest BCUT2D eigenvalue weighted by Crippen LogP contribution is -2.43. The minimum absolute atomic E-state index is 0.0876. The van der Waals surface area contributed by atoms with Gasteiger partial charge in [-0.15, -0.1) is 0 Å². The molecule has 114 valence electrons. The number of carbonyl (C=O) groups excluding carboxylic acids is 3. The summed E-state index contributed by atoms with van der Waals surface area (Å²) >= 11 is 5.81. The van der Waals surface area contributed by atoms with E-state index in [2.05, 4.69) is 5.32 Å². The molecule has 0 radical (unpaired) electrons. The van der Waals surface area contributed by atoms with Crippen LogP contribution in [0.25, 0.3) is 0 Å². The molecule has 8 heteroatoms. The fraction of sp³-hybridized carbons (Fsp3) is 0.308. The van der Waals surface area contributed by atoms with Crippen LogP contribution in [0.15, 0.2) is 18.2 Å². The van der Waals surface area contributed by atoms with Crippen molar-refractivity contribution in [2.24, 2.45) is 0 Å². The summed E-state index contributed by atoms with van der Waals surface area (Å²) in [5.74, 6) is -1.26. The van der Waals surface area contributed by atoms with Crippen molar-refractivity contribution in [3.05, 3.63) is 28.8 Å². The van der Waals surface area contributed by atoms with Gasteiger partial charge in [-0.05, 0) is 25.1 Å². The number of benzene rings is 1. The fourth-order valence-corrected chi connectivity index (χ4v) is 1.57. The number of nitrogens with one attached hydrogen (secondary N) is 2. The molecule has 0 aliphatic rings. The quantitative estimate of drug-likeness (QED) is 0.818. The van der Waals surface area contributed by atoms with Crippen molar-refractivity contribution in [3.8, 4) is 5.75 Å². The van der Waals surface area contributed by atoms with Crippen LogP contribution in [0.3, 0.4) is 0 Å². The average Bonchev–Trinajstić information content (AvgIpc) is 2.46. The van der Waals surface area contributed by atoms with Crippen molar-refractivity contribution in [2.75, 3.05) is 14.2 Å². The van der Waals surface area contributed by atoms with Crippen molar-refractivity contribution in [1.82, 2.24) is 10.6 Å². The normalized spacial score (nSPS) is 11.2. The number of rotatable bonds is 4. The summed E-state index contributed by atoms with van der Waals surface area (Å²) in [5, 5.41) is 4.54. The molecule has 0 aromatic heterocycles. The van der Waals surface area contributed by atoms with Crippen LogP contribution in [0.5, 0.6) is 5.75 Å². The SMILES string of the molecule is CNC(=O)NC(=O)[C@H](C)OC(=O)c1cc(Cl)ccc1OC. The lowest BCUT2D eigenvalue weighted by atomic mass is 10.2. The monoisotopic (exact) mass is 314 g/mol. The Bertz CT molecular complexity index is 561. The standard InChI is InChI=1S/C13H15ClN2O5/c1-7(11(17)16-13(19)15-2)21-12(18)9-6-8(14)4-5-10(9)20-3/h4-7H,1-3H3,(H2,15,16,17,19)/t7-/m0/s1. The molecule has 2 N–H and O–H groups in total. The van der Waals surface area contributed by atoms with Crippen LogP contribution in [-0.2, 0) is 9.53 Å². The molecule has 3 amide bonds. The molecule has 1 rings (SSSR count). The van der Waals surface area contributed by atoms with Crippen LogP contribution in [0.1, 0.15) is 17.3 Å². The number of ether oxygens (including phenoxy) is 2. The van der Waals surface area contributed by atoms with Crippen molar-refractivity contribution >= 4 is 29.5 Å². The summed E-state index contributed by atoms with van der Waals surface area (Å²) in [6.45, 7) is 1.34. The summed E-state index contributed by atoms with van der Waals surface area (Å²) < 4.78 is 9.99. The molecule has 0 unspecified atom stereocenters. The molecule has 0 fully saturated rings. The molecule has 1 aromatic rings. The minimum Gasteiger partial charge on any atom is -0.496 e. The van der Waals surface area contributed by atoms with E-state index in [0.717, 1.165) is 0 Å². The molecule has 0 aliphatic carbocycles. The van der Waals surface area contributed by atoms with E-state index in [1.165, 1.54) is 33.2 Å². The highest BCUT2D eigenvalue weighted by molar-refractivity contribution is 6.31. The van der Waals surface area contributed by atoms with Crippen LogP contribution < -0.4 is 15.4 Å². The number of hydrogen-bond acceptors (Lipinski definition) is 5. The zero-order valence-electron chi connectivity index (χ0n) is 11.7. The Morgan fingerprint density at radius 2 is 1.95 bits per heavy atom. The van der Waals surface area contributed by atoms with Gasteiger partial charge in [0.25, 0.3) is 5.91 Å². The molecule has 0 bridgehead atoms. The fourth-order valence-electron chi connectivity index (χ4n) is 1.39. The van der Waals surface area contributed by atoms with Crippen LogP contribution in [0.2, 0.25) is 5.02 Å². The highest BCUT2D eigenvalue weighted by Crippen LogP contribution is 2.23. The summed E-state index contributed by atoms with van der Waals surface area (Å²) in [6, 6.07) is 3.74. The van der Waals surface area contributed by atoms with Gasteiger partial charge in [0.15, 0.2) is 6.10 Å². The third-order valence-corrected chi connectivity index (χ3v) is 2.73. The van der Waals surface area contributed by atoms with Crippen LogP contribution in [0, 0.1) is 0 Å². The van der Waals surface area contributed by atoms with Crippen LogP contribution in [0.4, 0.5) is 4.79 Å². The maximum Gasteiger partial charge on any atom is 0.342 e. The molecule has 0 heterocycles. The van der Waals surface area contributed by atoms with Gasteiger partial charge < -0.3 is 14.8 Å². The zero-order chi connectivity index (χ0) is 16.0. The topological polar surface area (TPSA) is 93.7 Å². The van der Waals surface area contributed by atoms with Gasteiger partial charge in [0.05, 0.1) is 7.11 Å². The maximum absolute atomic E-state index is 12.0. The second-order valence-electron chi connectivity index (χ2n) is 3.96. The second kappa shape index (κ2) is 7.49. The summed E-state index contributed by atoms with van der Waals surface area (Å²) in [4.78, 5) is 34.6. The molecule has 0 saturated heterocycles. The van der Waals surface area contributed by atoms with Gasteiger partial charge in [0, 0.05) is 12.1 Å². The van der Waals surface area contributed by atoms with Crippen molar-refractivity contribution in [3.63, 3.8) is 0 Å². The van der Waals surface area contributed by atoms with Gasteiger partial charge in [-0.25, -0.2) is 9.59 Å². The smallest absolute Gasteiger partial charge is 0.342 e. The number of hydrogen-bond donors (Lipinski definition) is 2. The van der Waals surface area contributed by atoms with Crippen molar-refractivity contribution in [2.45, 2.75) is 13.0 Å². The third-order valence-electron chi connectivity index (χ3n) is 2.50. The van der Waals surface area contributed by atoms with Gasteiger partial charge in [0.2, 0.25) is 0 Å².